The first-order valence-electron chi connectivity index (χ1n) is 9.77. The molecule has 0 aliphatic carbocycles. The zero-order valence-corrected chi connectivity index (χ0v) is 17.4. The molecule has 1 N–H and O–H groups in total. The van der Waals surface area contributed by atoms with Crippen LogP contribution in [0.2, 0.25) is 5.02 Å². The van der Waals surface area contributed by atoms with E-state index < -0.39 is 17.6 Å². The van der Waals surface area contributed by atoms with Crippen LogP contribution in [0.25, 0.3) is 5.57 Å². The molecule has 0 saturated heterocycles. The molecule has 0 aromatic heterocycles. The molecule has 2 heterocycles. The van der Waals surface area contributed by atoms with Gasteiger partial charge in [0.2, 0.25) is 6.79 Å². The zero-order valence-electron chi connectivity index (χ0n) is 16.6. The summed E-state index contributed by atoms with van der Waals surface area (Å²) in [4.78, 5) is 27.8. The molecule has 5 rings (SSSR count). The average molecular weight is 451 g/mol. The Hall–Kier alpha value is -3.84. The highest BCUT2D eigenvalue weighted by molar-refractivity contribution is 6.36. The second-order valence-corrected chi connectivity index (χ2v) is 7.71. The van der Waals surface area contributed by atoms with E-state index in [2.05, 4.69) is 5.32 Å². The summed E-state index contributed by atoms with van der Waals surface area (Å²) < 4.78 is 24.0. The van der Waals surface area contributed by atoms with Crippen molar-refractivity contribution in [3.8, 4) is 11.5 Å². The second-order valence-electron chi connectivity index (χ2n) is 7.27. The standard InChI is InChI=1S/C24H16ClFN2O4/c25-16-5-3-15(4-6-16)21-22(27-18-9-10-19-20(11-18)32-13-31-19)24(30)28(23(21)29)12-14-1-7-17(26)8-2-14/h1-11,27H,12-13H2. The lowest BCUT2D eigenvalue weighted by molar-refractivity contribution is -0.137. The fourth-order valence-corrected chi connectivity index (χ4v) is 3.74. The van der Waals surface area contributed by atoms with E-state index in [9.17, 15) is 14.0 Å². The van der Waals surface area contributed by atoms with Gasteiger partial charge in [0.15, 0.2) is 11.5 Å². The Bertz CT molecular complexity index is 1260. The van der Waals surface area contributed by atoms with E-state index >= 15 is 0 Å². The number of carbonyl (C=O) groups is 2. The number of carbonyl (C=O) groups excluding carboxylic acids is 2. The summed E-state index contributed by atoms with van der Waals surface area (Å²) >= 11 is 6.00. The lowest BCUT2D eigenvalue weighted by Gasteiger charge is -2.15. The van der Waals surface area contributed by atoms with Crippen LogP contribution in [-0.4, -0.2) is 23.5 Å². The molecule has 2 amide bonds. The summed E-state index contributed by atoms with van der Waals surface area (Å²) in [5, 5.41) is 3.59. The number of hydrogen-bond acceptors (Lipinski definition) is 5. The van der Waals surface area contributed by atoms with Gasteiger partial charge in [0, 0.05) is 16.8 Å². The number of nitrogens with one attached hydrogen (secondary N) is 1. The first-order valence-corrected chi connectivity index (χ1v) is 10.1. The Kier molecular flexibility index (Phi) is 5.03. The van der Waals surface area contributed by atoms with E-state index in [1.165, 1.54) is 12.1 Å². The Morgan fingerprint density at radius 3 is 2.38 bits per heavy atom. The largest absolute Gasteiger partial charge is 0.454 e. The molecule has 0 spiro atoms. The first kappa shape index (κ1) is 20.1. The highest BCUT2D eigenvalue weighted by Gasteiger charge is 2.39. The maximum atomic E-state index is 13.3. The van der Waals surface area contributed by atoms with Crippen molar-refractivity contribution < 1.29 is 23.5 Å². The second kappa shape index (κ2) is 8.01. The minimum absolute atomic E-state index is 0.0152. The molecule has 3 aromatic rings. The summed E-state index contributed by atoms with van der Waals surface area (Å²) in [7, 11) is 0. The van der Waals surface area contributed by atoms with Crippen LogP contribution >= 0.6 is 11.6 Å². The number of amides is 2. The van der Waals surface area contributed by atoms with Gasteiger partial charge in [0.05, 0.1) is 12.1 Å². The van der Waals surface area contributed by atoms with E-state index in [0.717, 1.165) is 4.90 Å². The number of imide groups is 1. The zero-order chi connectivity index (χ0) is 22.2. The molecule has 6 nitrogen and oxygen atoms in total. The summed E-state index contributed by atoms with van der Waals surface area (Å²) in [6.45, 7) is 0.141. The van der Waals surface area contributed by atoms with Gasteiger partial charge in [-0.15, -0.1) is 0 Å². The maximum absolute atomic E-state index is 13.3. The van der Waals surface area contributed by atoms with Gasteiger partial charge in [0.25, 0.3) is 11.8 Å². The first-order chi connectivity index (χ1) is 15.5. The van der Waals surface area contributed by atoms with Gasteiger partial charge >= 0.3 is 0 Å². The lowest BCUT2D eigenvalue weighted by atomic mass is 10.0. The van der Waals surface area contributed by atoms with Crippen LogP contribution in [0.4, 0.5) is 10.1 Å². The maximum Gasteiger partial charge on any atom is 0.278 e. The predicted molar refractivity (Wildman–Crippen MR) is 117 cm³/mol. The van der Waals surface area contributed by atoms with Crippen LogP contribution in [0.1, 0.15) is 11.1 Å². The van der Waals surface area contributed by atoms with Gasteiger partial charge in [-0.25, -0.2) is 4.39 Å². The number of rotatable bonds is 5. The molecule has 3 aromatic carbocycles. The molecule has 0 unspecified atom stereocenters. The highest BCUT2D eigenvalue weighted by atomic mass is 35.5. The molecular weight excluding hydrogens is 435 g/mol. The van der Waals surface area contributed by atoms with Crippen molar-refractivity contribution in [2.45, 2.75) is 6.54 Å². The van der Waals surface area contributed by atoms with Gasteiger partial charge < -0.3 is 14.8 Å². The number of ether oxygens (including phenoxy) is 2. The van der Waals surface area contributed by atoms with E-state index in [0.29, 0.717) is 33.3 Å². The molecule has 0 saturated carbocycles. The summed E-state index contributed by atoms with van der Waals surface area (Å²) in [6, 6.07) is 17.5. The third-order valence-corrected chi connectivity index (χ3v) is 5.45. The number of halogens is 2. The Morgan fingerprint density at radius 1 is 0.906 bits per heavy atom. The average Bonchev–Trinajstić information content (AvgIpc) is 3.34. The van der Waals surface area contributed by atoms with Crippen molar-refractivity contribution >= 4 is 34.7 Å². The van der Waals surface area contributed by atoms with Gasteiger partial charge in [-0.1, -0.05) is 35.9 Å². The fourth-order valence-electron chi connectivity index (χ4n) is 3.61. The van der Waals surface area contributed by atoms with Gasteiger partial charge in [-0.2, -0.15) is 0 Å². The normalized spacial score (nSPS) is 15.0. The van der Waals surface area contributed by atoms with E-state index in [1.807, 2.05) is 0 Å². The number of fused-ring (bicyclic) bond motifs is 1. The number of anilines is 1. The SMILES string of the molecule is O=C1C(Nc2ccc3c(c2)OCO3)=C(c2ccc(Cl)cc2)C(=O)N1Cc1ccc(F)cc1. The smallest absolute Gasteiger partial charge is 0.278 e. The number of benzene rings is 3. The third-order valence-electron chi connectivity index (χ3n) is 5.20. The molecule has 32 heavy (non-hydrogen) atoms. The van der Waals surface area contributed by atoms with Crippen molar-refractivity contribution in [1.29, 1.82) is 0 Å². The summed E-state index contributed by atoms with van der Waals surface area (Å²) in [6.07, 6.45) is 0. The number of nitrogens with zero attached hydrogens (tertiary/aromatic N) is 1. The van der Waals surface area contributed by atoms with Crippen molar-refractivity contribution in [2.24, 2.45) is 0 Å². The number of hydrogen-bond donors (Lipinski definition) is 1. The minimum Gasteiger partial charge on any atom is -0.454 e. The van der Waals surface area contributed by atoms with Crippen molar-refractivity contribution in [2.75, 3.05) is 12.1 Å². The topological polar surface area (TPSA) is 67.9 Å². The molecule has 0 fully saturated rings. The van der Waals surface area contributed by atoms with Crippen LogP contribution < -0.4 is 14.8 Å². The Morgan fingerprint density at radius 2 is 1.62 bits per heavy atom. The molecule has 0 atom stereocenters. The van der Waals surface area contributed by atoms with Gasteiger partial charge in [0.1, 0.15) is 11.5 Å². The lowest BCUT2D eigenvalue weighted by Crippen LogP contribution is -2.32. The van der Waals surface area contributed by atoms with Crippen molar-refractivity contribution in [3.05, 3.63) is 94.4 Å². The highest BCUT2D eigenvalue weighted by Crippen LogP contribution is 2.37. The molecule has 2 aliphatic rings. The Labute approximate surface area is 187 Å². The van der Waals surface area contributed by atoms with Crippen LogP contribution in [-0.2, 0) is 16.1 Å². The summed E-state index contributed by atoms with van der Waals surface area (Å²) in [5.74, 6) is -0.178. The molecule has 8 heteroatoms. The van der Waals surface area contributed by atoms with Gasteiger partial charge in [-0.05, 0) is 47.5 Å². The molecule has 0 bridgehead atoms. The fraction of sp³-hybridized carbons (Fsp3) is 0.0833. The monoisotopic (exact) mass is 450 g/mol. The molecule has 2 aliphatic heterocycles. The Balaban J connectivity index is 1.52. The van der Waals surface area contributed by atoms with E-state index in [4.69, 9.17) is 21.1 Å². The summed E-state index contributed by atoms with van der Waals surface area (Å²) in [5.41, 5.74) is 2.12. The van der Waals surface area contributed by atoms with Gasteiger partial charge in [-0.3, -0.25) is 14.5 Å². The van der Waals surface area contributed by atoms with Crippen LogP contribution in [0, 0.1) is 5.82 Å². The van der Waals surface area contributed by atoms with E-state index in [1.54, 1.807) is 54.6 Å². The molecule has 160 valence electrons. The third kappa shape index (κ3) is 3.67. The van der Waals surface area contributed by atoms with Crippen molar-refractivity contribution in [1.82, 2.24) is 4.90 Å². The van der Waals surface area contributed by atoms with Crippen LogP contribution in [0.5, 0.6) is 11.5 Å². The van der Waals surface area contributed by atoms with E-state index in [-0.39, 0.29) is 24.6 Å². The quantitative estimate of drug-likeness (QED) is 0.575. The van der Waals surface area contributed by atoms with Crippen LogP contribution in [0.3, 0.4) is 0 Å². The van der Waals surface area contributed by atoms with Crippen molar-refractivity contribution in [3.63, 3.8) is 0 Å². The minimum atomic E-state index is -0.484. The predicted octanol–water partition coefficient (Wildman–Crippen LogP) is 4.60. The molecular formula is C24H16ClFN2O4. The molecule has 0 radical (unpaired) electrons. The van der Waals surface area contributed by atoms with Crippen LogP contribution in [0.15, 0.2) is 72.4 Å².